The van der Waals surface area contributed by atoms with E-state index in [0.29, 0.717) is 6.54 Å². The first-order valence-electron chi connectivity index (χ1n) is 6.40. The van der Waals surface area contributed by atoms with E-state index in [0.717, 1.165) is 28.2 Å². The van der Waals surface area contributed by atoms with E-state index in [4.69, 9.17) is 5.26 Å². The van der Waals surface area contributed by atoms with Gasteiger partial charge in [0.05, 0.1) is 16.4 Å². The smallest absolute Gasteiger partial charge is 0.324 e. The van der Waals surface area contributed by atoms with Gasteiger partial charge < -0.3 is 5.32 Å². The molecule has 0 bridgehead atoms. The van der Waals surface area contributed by atoms with Gasteiger partial charge >= 0.3 is 5.00 Å². The van der Waals surface area contributed by atoms with Crippen molar-refractivity contribution in [1.82, 2.24) is 0 Å². The molecule has 6 heteroatoms. The number of thiophene rings is 1. The van der Waals surface area contributed by atoms with E-state index in [1.807, 2.05) is 38.1 Å². The summed E-state index contributed by atoms with van der Waals surface area (Å²) in [4.78, 5) is 10.2. The Balaban J connectivity index is 2.01. The van der Waals surface area contributed by atoms with Crippen molar-refractivity contribution in [2.75, 3.05) is 5.32 Å². The fourth-order valence-electron chi connectivity index (χ4n) is 1.82. The third-order valence-corrected chi connectivity index (χ3v) is 4.13. The number of hydrogen-bond acceptors (Lipinski definition) is 5. The Morgan fingerprint density at radius 1 is 1.38 bits per heavy atom. The zero-order chi connectivity index (χ0) is 15.5. The second-order valence-electron chi connectivity index (χ2n) is 5.22. The third kappa shape index (κ3) is 3.58. The molecule has 0 radical (unpaired) electrons. The highest BCUT2D eigenvalue weighted by Crippen LogP contribution is 2.25. The predicted octanol–water partition coefficient (Wildman–Crippen LogP) is 4.07. The first-order valence-corrected chi connectivity index (χ1v) is 7.28. The summed E-state index contributed by atoms with van der Waals surface area (Å²) in [6.07, 6.45) is 0. The fraction of sp³-hybridized carbons (Fsp3) is 0.267. The van der Waals surface area contributed by atoms with Gasteiger partial charge in [-0.2, -0.15) is 5.26 Å². The van der Waals surface area contributed by atoms with Crippen molar-refractivity contribution in [2.45, 2.75) is 25.8 Å². The maximum atomic E-state index is 10.6. The molecule has 5 nitrogen and oxygen atoms in total. The number of benzene rings is 1. The molecule has 108 valence electrons. The summed E-state index contributed by atoms with van der Waals surface area (Å²) in [5.41, 5.74) is 2.25. The number of anilines is 1. The molecule has 0 unspecified atom stereocenters. The van der Waals surface area contributed by atoms with Crippen molar-refractivity contribution < 1.29 is 4.92 Å². The Hall–Kier alpha value is -2.39. The van der Waals surface area contributed by atoms with Gasteiger partial charge in [0, 0.05) is 23.7 Å². The Bertz CT molecular complexity index is 684. The van der Waals surface area contributed by atoms with Crippen molar-refractivity contribution in [3.8, 4) is 6.07 Å². The van der Waals surface area contributed by atoms with Gasteiger partial charge in [-0.25, -0.2) is 0 Å². The molecule has 0 spiro atoms. The van der Waals surface area contributed by atoms with Crippen LogP contribution in [0.2, 0.25) is 0 Å². The van der Waals surface area contributed by atoms with Gasteiger partial charge in [-0.3, -0.25) is 10.1 Å². The number of nitriles is 1. The van der Waals surface area contributed by atoms with Crippen LogP contribution in [0.25, 0.3) is 0 Å². The molecule has 0 aliphatic carbocycles. The van der Waals surface area contributed by atoms with E-state index >= 15 is 0 Å². The molecule has 1 aromatic heterocycles. The van der Waals surface area contributed by atoms with E-state index in [2.05, 4.69) is 11.4 Å². The maximum Gasteiger partial charge on any atom is 0.324 e. The quantitative estimate of drug-likeness (QED) is 0.667. The van der Waals surface area contributed by atoms with E-state index < -0.39 is 5.41 Å². The number of nitrogens with zero attached hydrogens (tertiary/aromatic N) is 2. The Labute approximate surface area is 127 Å². The van der Waals surface area contributed by atoms with E-state index in [9.17, 15) is 10.1 Å². The van der Waals surface area contributed by atoms with Gasteiger partial charge in [0.1, 0.15) is 0 Å². The third-order valence-electron chi connectivity index (χ3n) is 3.20. The van der Waals surface area contributed by atoms with Crippen LogP contribution in [0.5, 0.6) is 0 Å². The topological polar surface area (TPSA) is 79.0 Å². The average Bonchev–Trinajstić information content (AvgIpc) is 2.95. The minimum absolute atomic E-state index is 0.151. The van der Waals surface area contributed by atoms with Gasteiger partial charge in [0.15, 0.2) is 0 Å². The summed E-state index contributed by atoms with van der Waals surface area (Å²) >= 11 is 1.13. The highest BCUT2D eigenvalue weighted by molar-refractivity contribution is 7.13. The minimum atomic E-state index is -0.507. The van der Waals surface area contributed by atoms with Crippen molar-refractivity contribution >= 4 is 22.0 Å². The molecular weight excluding hydrogens is 286 g/mol. The molecule has 21 heavy (non-hydrogen) atoms. The van der Waals surface area contributed by atoms with Crippen molar-refractivity contribution in [3.63, 3.8) is 0 Å². The molecular formula is C15H15N3O2S. The lowest BCUT2D eigenvalue weighted by molar-refractivity contribution is -0.380. The van der Waals surface area contributed by atoms with Crippen LogP contribution in [0.15, 0.2) is 35.7 Å². The monoisotopic (exact) mass is 301 g/mol. The lowest BCUT2D eigenvalue weighted by atomic mass is 9.86. The van der Waals surface area contributed by atoms with Crippen LogP contribution in [0, 0.1) is 21.4 Å². The number of nitro groups is 1. The summed E-state index contributed by atoms with van der Waals surface area (Å²) in [6, 6.07) is 11.5. The molecule has 0 amide bonds. The Morgan fingerprint density at radius 3 is 2.57 bits per heavy atom. The molecule has 0 aliphatic rings. The summed E-state index contributed by atoms with van der Waals surface area (Å²) in [6.45, 7) is 4.28. The summed E-state index contributed by atoms with van der Waals surface area (Å²) in [5.74, 6) is 0. The molecule has 1 heterocycles. The van der Waals surface area contributed by atoms with Crippen LogP contribution in [-0.2, 0) is 12.0 Å². The van der Waals surface area contributed by atoms with E-state index in [1.165, 1.54) is 0 Å². The zero-order valence-electron chi connectivity index (χ0n) is 11.8. The standard InChI is InChI=1S/C15H15N3O2S/c1-15(2,10-16)12-3-5-13(6-4-12)17-8-11-7-14(18(19)20)21-9-11/h3-7,9,17H,8H2,1-2H3. The van der Waals surface area contributed by atoms with Crippen LogP contribution in [0.4, 0.5) is 10.7 Å². The van der Waals surface area contributed by atoms with Gasteiger partial charge in [-0.15, -0.1) is 0 Å². The van der Waals surface area contributed by atoms with Gasteiger partial charge in [-0.1, -0.05) is 23.5 Å². The highest BCUT2D eigenvalue weighted by atomic mass is 32.1. The van der Waals surface area contributed by atoms with Crippen LogP contribution < -0.4 is 5.32 Å². The summed E-state index contributed by atoms with van der Waals surface area (Å²) in [5, 5.41) is 24.9. The Morgan fingerprint density at radius 2 is 2.05 bits per heavy atom. The normalized spacial score (nSPS) is 10.9. The van der Waals surface area contributed by atoms with E-state index in [-0.39, 0.29) is 9.92 Å². The molecule has 2 rings (SSSR count). The first-order chi connectivity index (χ1) is 9.92. The molecule has 0 fully saturated rings. The SMILES string of the molecule is CC(C)(C#N)c1ccc(NCc2csc([N+](=O)[O-])c2)cc1. The van der Waals surface area contributed by atoms with Gasteiger partial charge in [0.25, 0.3) is 0 Å². The van der Waals surface area contributed by atoms with Crippen LogP contribution >= 0.6 is 11.3 Å². The van der Waals surface area contributed by atoms with Gasteiger partial charge in [-0.05, 0) is 37.1 Å². The molecule has 1 N–H and O–H groups in total. The summed E-state index contributed by atoms with van der Waals surface area (Å²) < 4.78 is 0. The average molecular weight is 301 g/mol. The first kappa shape index (κ1) is 15.0. The highest BCUT2D eigenvalue weighted by Gasteiger charge is 2.19. The molecule has 0 saturated carbocycles. The molecule has 0 saturated heterocycles. The largest absolute Gasteiger partial charge is 0.381 e. The van der Waals surface area contributed by atoms with Crippen molar-refractivity contribution in [3.05, 3.63) is 57.0 Å². The number of nitrogens with one attached hydrogen (secondary N) is 1. The zero-order valence-corrected chi connectivity index (χ0v) is 12.6. The van der Waals surface area contributed by atoms with Crippen molar-refractivity contribution in [2.24, 2.45) is 0 Å². The van der Waals surface area contributed by atoms with Crippen LogP contribution in [0.3, 0.4) is 0 Å². The molecule has 0 atom stereocenters. The van der Waals surface area contributed by atoms with Crippen molar-refractivity contribution in [1.29, 1.82) is 5.26 Å². The van der Waals surface area contributed by atoms with E-state index in [1.54, 1.807) is 11.4 Å². The molecule has 1 aromatic carbocycles. The summed E-state index contributed by atoms with van der Waals surface area (Å²) in [7, 11) is 0. The number of hydrogen-bond donors (Lipinski definition) is 1. The number of rotatable bonds is 5. The second kappa shape index (κ2) is 5.94. The predicted molar refractivity (Wildman–Crippen MR) is 83.4 cm³/mol. The van der Waals surface area contributed by atoms with Crippen LogP contribution in [0.1, 0.15) is 25.0 Å². The Kier molecular flexibility index (Phi) is 4.24. The minimum Gasteiger partial charge on any atom is -0.381 e. The molecule has 0 aliphatic heterocycles. The van der Waals surface area contributed by atoms with Crippen LogP contribution in [-0.4, -0.2) is 4.92 Å². The molecule has 2 aromatic rings. The lowest BCUT2D eigenvalue weighted by Gasteiger charge is -2.16. The fourth-order valence-corrected chi connectivity index (χ4v) is 2.55. The van der Waals surface area contributed by atoms with Gasteiger partial charge in [0.2, 0.25) is 0 Å². The maximum absolute atomic E-state index is 10.6. The lowest BCUT2D eigenvalue weighted by Crippen LogP contribution is -2.13. The second-order valence-corrected chi connectivity index (χ2v) is 6.11.